The minimum absolute atomic E-state index is 0.0261. The molecule has 4 bridgehead atoms. The number of rotatable bonds is 11. The van der Waals surface area contributed by atoms with E-state index in [1.54, 1.807) is 0 Å². The predicted molar refractivity (Wildman–Crippen MR) is 214 cm³/mol. The average molecular weight is 741 g/mol. The Kier molecular flexibility index (Phi) is 12.8. The summed E-state index contributed by atoms with van der Waals surface area (Å²) in [5.74, 6) is -0.730. The first kappa shape index (κ1) is 40.7. The highest BCUT2D eigenvalue weighted by molar-refractivity contribution is 5.76. The Balaban J connectivity index is 1.32. The van der Waals surface area contributed by atoms with Crippen LogP contribution in [0.2, 0.25) is 0 Å². The molecule has 6 rings (SSSR count). The number of carbonyl (C=O) groups is 1. The van der Waals surface area contributed by atoms with E-state index in [0.717, 1.165) is 54.3 Å². The highest BCUT2D eigenvalue weighted by Crippen LogP contribution is 2.72. The molecule has 1 aromatic carbocycles. The SMILES string of the molecule is C=C(C=CC=C(CO)[C@H]1CC[C@]2([C@@H]1O)[C@@H]1C3=C(C=O)CCC[C@]3(C=C[C@@H]1CCO)C[C@]2(O)CCNC)[C@H]1CC=C(C)[C@@H](O)N[C@H](C)Cc2cccc(c2)C1. The minimum atomic E-state index is -1.23. The summed E-state index contributed by atoms with van der Waals surface area (Å²) in [5, 5.41) is 64.2. The van der Waals surface area contributed by atoms with Gasteiger partial charge in [0, 0.05) is 29.4 Å². The van der Waals surface area contributed by atoms with Gasteiger partial charge < -0.3 is 30.8 Å². The molecule has 1 aromatic rings. The molecule has 7 N–H and O–H groups in total. The van der Waals surface area contributed by atoms with Crippen molar-refractivity contribution in [3.8, 4) is 0 Å². The largest absolute Gasteiger partial charge is 0.396 e. The highest BCUT2D eigenvalue weighted by Gasteiger charge is 2.71. The molecule has 1 heterocycles. The smallest absolute Gasteiger partial charge is 0.146 e. The maximum atomic E-state index is 13.0. The number of nitrogens with one attached hydrogen (secondary N) is 2. The molecular formula is C46H64N2O6. The number of carbonyl (C=O) groups excluding carboxylic acids is 1. The summed E-state index contributed by atoms with van der Waals surface area (Å²) in [4.78, 5) is 12.7. The van der Waals surface area contributed by atoms with Crippen LogP contribution in [0.1, 0.15) is 82.8 Å². The van der Waals surface area contributed by atoms with Gasteiger partial charge in [-0.1, -0.05) is 72.9 Å². The lowest BCUT2D eigenvalue weighted by atomic mass is 9.40. The molecule has 5 aliphatic rings. The van der Waals surface area contributed by atoms with Gasteiger partial charge in [0.25, 0.3) is 0 Å². The molecular weight excluding hydrogens is 677 g/mol. The normalized spacial score (nSPS) is 37.1. The van der Waals surface area contributed by atoms with E-state index < -0.39 is 34.7 Å². The van der Waals surface area contributed by atoms with Crippen LogP contribution in [0.25, 0.3) is 0 Å². The average Bonchev–Trinajstić information content (AvgIpc) is 3.50. The molecule has 4 aliphatic carbocycles. The number of hydrogen-bond donors (Lipinski definition) is 7. The minimum Gasteiger partial charge on any atom is -0.396 e. The van der Waals surface area contributed by atoms with Crippen molar-refractivity contribution in [2.45, 2.75) is 108 Å². The van der Waals surface area contributed by atoms with E-state index in [-0.39, 0.29) is 37.0 Å². The first-order chi connectivity index (χ1) is 26.0. The first-order valence-electron chi connectivity index (χ1n) is 20.3. The molecule has 0 radical (unpaired) electrons. The zero-order valence-electron chi connectivity index (χ0n) is 32.6. The van der Waals surface area contributed by atoms with Crippen molar-refractivity contribution >= 4 is 6.29 Å². The van der Waals surface area contributed by atoms with Crippen LogP contribution in [0.4, 0.5) is 0 Å². The molecule has 0 aromatic heterocycles. The lowest BCUT2D eigenvalue weighted by molar-refractivity contribution is -0.207. The van der Waals surface area contributed by atoms with Crippen molar-refractivity contribution in [2.24, 2.45) is 34.5 Å². The van der Waals surface area contributed by atoms with Crippen LogP contribution in [0.3, 0.4) is 0 Å². The second-order valence-electron chi connectivity index (χ2n) is 17.2. The molecule has 54 heavy (non-hydrogen) atoms. The second-order valence-corrected chi connectivity index (χ2v) is 17.2. The Morgan fingerprint density at radius 1 is 1.15 bits per heavy atom. The van der Waals surface area contributed by atoms with Crippen LogP contribution >= 0.6 is 0 Å². The monoisotopic (exact) mass is 740 g/mol. The number of aliphatic hydroxyl groups excluding tert-OH is 4. The maximum absolute atomic E-state index is 13.0. The molecule has 2 fully saturated rings. The molecule has 8 heteroatoms. The summed E-state index contributed by atoms with van der Waals surface area (Å²) in [7, 11) is 1.88. The third-order valence-electron chi connectivity index (χ3n) is 14.0. The van der Waals surface area contributed by atoms with E-state index in [1.807, 2.05) is 32.2 Å². The number of allylic oxidation sites excluding steroid dienone is 9. The fourth-order valence-corrected chi connectivity index (χ4v) is 11.4. The van der Waals surface area contributed by atoms with E-state index in [9.17, 15) is 30.3 Å². The van der Waals surface area contributed by atoms with Gasteiger partial charge in [-0.25, -0.2) is 0 Å². The van der Waals surface area contributed by atoms with Gasteiger partial charge in [0.2, 0.25) is 0 Å². The van der Waals surface area contributed by atoms with Crippen molar-refractivity contribution in [1.29, 1.82) is 0 Å². The Hall–Kier alpha value is -2.95. The van der Waals surface area contributed by atoms with Crippen LogP contribution < -0.4 is 10.6 Å². The fraction of sp³-hybridized carbons (Fsp3) is 0.587. The quantitative estimate of drug-likeness (QED) is 0.0907. The standard InChI is InChI=1S/C46H64N2O6/c1-30(36-14-13-31(2)43(53)48-32(3)24-33-9-6-10-34(25-33)26-36)8-5-11-37(27-50)39-16-20-46(42(39)52)41-35(17-23-49)15-19-44(29-45(46,54)21-22-47-4)18-7-12-38(28-51)40(41)44/h5-6,8-11,13,15,19,25,28,32,35-36,39,41-43,47-50,52-54H,1,7,12,14,16-18,20-24,26-27,29H2,2-4H3/t32-,35-,36+,39-,41+,42-,43-,44+,45-,46-/m1/s1. The van der Waals surface area contributed by atoms with E-state index in [4.69, 9.17) is 0 Å². The van der Waals surface area contributed by atoms with Crippen LogP contribution in [0.5, 0.6) is 0 Å². The van der Waals surface area contributed by atoms with Crippen molar-refractivity contribution < 1.29 is 30.3 Å². The van der Waals surface area contributed by atoms with Crippen molar-refractivity contribution in [3.05, 3.63) is 106 Å². The third kappa shape index (κ3) is 7.60. The van der Waals surface area contributed by atoms with Gasteiger partial charge in [-0.2, -0.15) is 0 Å². The zero-order chi connectivity index (χ0) is 38.7. The Bertz CT molecular complexity index is 1690. The molecule has 1 aliphatic heterocycles. The molecule has 294 valence electrons. The van der Waals surface area contributed by atoms with Crippen molar-refractivity contribution in [1.82, 2.24) is 10.6 Å². The number of hydrogen-bond acceptors (Lipinski definition) is 8. The molecule has 0 saturated heterocycles. The first-order valence-corrected chi connectivity index (χ1v) is 20.3. The fourth-order valence-electron chi connectivity index (χ4n) is 11.4. The third-order valence-corrected chi connectivity index (χ3v) is 14.0. The lowest BCUT2D eigenvalue weighted by Gasteiger charge is -2.66. The topological polar surface area (TPSA) is 142 Å². The number of aldehydes is 1. The van der Waals surface area contributed by atoms with Crippen molar-refractivity contribution in [3.63, 3.8) is 0 Å². The van der Waals surface area contributed by atoms with E-state index in [1.165, 1.54) is 11.1 Å². The van der Waals surface area contributed by atoms with Crippen LogP contribution in [-0.2, 0) is 17.6 Å². The summed E-state index contributed by atoms with van der Waals surface area (Å²) in [6, 6.07) is 8.76. The van der Waals surface area contributed by atoms with Gasteiger partial charge in [-0.15, -0.1) is 0 Å². The van der Waals surface area contributed by atoms with Gasteiger partial charge in [-0.3, -0.25) is 10.1 Å². The van der Waals surface area contributed by atoms with Gasteiger partial charge in [0.15, 0.2) is 0 Å². The Labute approximate surface area is 322 Å². The maximum Gasteiger partial charge on any atom is 0.146 e. The molecule has 0 amide bonds. The summed E-state index contributed by atoms with van der Waals surface area (Å²) >= 11 is 0. The lowest BCUT2D eigenvalue weighted by Crippen LogP contribution is -2.67. The number of fused-ring (bicyclic) bond motifs is 3. The van der Waals surface area contributed by atoms with E-state index in [0.29, 0.717) is 57.1 Å². The number of aliphatic hydroxyl groups is 5. The zero-order valence-corrected chi connectivity index (χ0v) is 32.6. The highest BCUT2D eigenvalue weighted by atomic mass is 16.3. The van der Waals surface area contributed by atoms with Gasteiger partial charge >= 0.3 is 0 Å². The summed E-state index contributed by atoms with van der Waals surface area (Å²) < 4.78 is 0. The summed E-state index contributed by atoms with van der Waals surface area (Å²) in [6.45, 7) is 8.83. The van der Waals surface area contributed by atoms with E-state index >= 15 is 0 Å². The summed E-state index contributed by atoms with van der Waals surface area (Å²) in [5.41, 5.74) is 4.23. The second kappa shape index (κ2) is 17.0. The number of benzene rings is 1. The Morgan fingerprint density at radius 3 is 2.65 bits per heavy atom. The molecule has 2 saturated carbocycles. The molecule has 8 nitrogen and oxygen atoms in total. The predicted octanol–water partition coefficient (Wildman–Crippen LogP) is 5.42. The van der Waals surface area contributed by atoms with E-state index in [2.05, 4.69) is 66.6 Å². The molecule has 1 spiro atoms. The van der Waals surface area contributed by atoms with Gasteiger partial charge in [-0.05, 0) is 149 Å². The van der Waals surface area contributed by atoms with Gasteiger partial charge in [0.05, 0.1) is 18.3 Å². The van der Waals surface area contributed by atoms with Crippen LogP contribution in [0, 0.1) is 34.5 Å². The van der Waals surface area contributed by atoms with Gasteiger partial charge in [0.1, 0.15) is 12.5 Å². The molecule has 0 unspecified atom stereocenters. The molecule has 10 atom stereocenters. The Morgan fingerprint density at radius 2 is 1.93 bits per heavy atom. The van der Waals surface area contributed by atoms with Crippen LogP contribution in [0.15, 0.2) is 95.2 Å². The summed E-state index contributed by atoms with van der Waals surface area (Å²) in [6.07, 6.45) is 18.9. The van der Waals surface area contributed by atoms with Crippen LogP contribution in [-0.4, -0.2) is 82.6 Å². The van der Waals surface area contributed by atoms with Crippen molar-refractivity contribution in [2.75, 3.05) is 26.8 Å².